The molecule has 1 unspecified atom stereocenters. The van der Waals surface area contributed by atoms with Gasteiger partial charge in [0, 0.05) is 5.92 Å². The number of aryl methyl sites for hydroxylation is 1. The molecule has 2 aromatic heterocycles. The number of benzene rings is 2. The molecule has 2 heterocycles. The van der Waals surface area contributed by atoms with Crippen molar-refractivity contribution in [2.75, 3.05) is 5.32 Å². The number of ether oxygens (including phenoxy) is 1. The second kappa shape index (κ2) is 9.90. The van der Waals surface area contributed by atoms with Crippen molar-refractivity contribution in [3.63, 3.8) is 0 Å². The van der Waals surface area contributed by atoms with Gasteiger partial charge in [-0.15, -0.1) is 0 Å². The number of nitrogens with one attached hydrogen (secondary N) is 2. The zero-order chi connectivity index (χ0) is 27.0. The first-order valence-electron chi connectivity index (χ1n) is 13.0. The first-order chi connectivity index (χ1) is 18.9. The van der Waals surface area contributed by atoms with Crippen LogP contribution < -0.4 is 11.1 Å². The van der Waals surface area contributed by atoms with Gasteiger partial charge >= 0.3 is 11.8 Å². The minimum Gasteiger partial charge on any atom is -0.441 e. The highest BCUT2D eigenvalue weighted by Crippen LogP contribution is 2.52. The topological polar surface area (TPSA) is 123 Å². The standard InChI is InChI=1S/C30H28N4O5/c1-18-25(31-28(35)37-19(2)20-6-4-3-5-7-20)26(38-33-18)23-10-8-21(9-11-23)22-12-14-24(15-13-22)30(16-17-30)27-32-29(36)39-34-27/h3-10,12-15,19,23H,11,16-17H2,1-2H3,(H,31,35)(H,32,34,36)/t19-,23?/m1/s1. The van der Waals surface area contributed by atoms with E-state index in [0.717, 1.165) is 35.1 Å². The highest BCUT2D eigenvalue weighted by molar-refractivity contribution is 5.86. The molecular weight excluding hydrogens is 496 g/mol. The van der Waals surface area contributed by atoms with Crippen molar-refractivity contribution in [2.24, 2.45) is 0 Å². The van der Waals surface area contributed by atoms with Crippen molar-refractivity contribution in [1.29, 1.82) is 0 Å². The number of aromatic nitrogens is 3. The number of aromatic amines is 1. The van der Waals surface area contributed by atoms with Gasteiger partial charge in [0.25, 0.3) is 0 Å². The van der Waals surface area contributed by atoms with Crippen LogP contribution in [0.4, 0.5) is 10.5 Å². The SMILES string of the molecule is Cc1noc(C2C=CC(c3ccc(C4(c5noc(=O)[nH]5)CC4)cc3)=CC2)c1NC(=O)O[C@H](C)c1ccccc1. The van der Waals surface area contributed by atoms with Crippen LogP contribution in [0.5, 0.6) is 0 Å². The number of hydrogen-bond acceptors (Lipinski definition) is 7. The van der Waals surface area contributed by atoms with Gasteiger partial charge in [-0.1, -0.05) is 83.1 Å². The van der Waals surface area contributed by atoms with Crippen molar-refractivity contribution in [1.82, 2.24) is 15.3 Å². The third-order valence-electron chi connectivity index (χ3n) is 7.52. The fraction of sp³-hybridized carbons (Fsp3) is 0.267. The van der Waals surface area contributed by atoms with E-state index in [4.69, 9.17) is 13.8 Å². The van der Waals surface area contributed by atoms with Crippen LogP contribution in [-0.2, 0) is 10.2 Å². The normalized spacial score (nSPS) is 18.3. The summed E-state index contributed by atoms with van der Waals surface area (Å²) in [5, 5.41) is 10.8. The molecule has 9 heteroatoms. The molecule has 2 N–H and O–H groups in total. The second-order valence-electron chi connectivity index (χ2n) is 10.1. The summed E-state index contributed by atoms with van der Waals surface area (Å²) in [6, 6.07) is 17.9. The van der Waals surface area contributed by atoms with E-state index in [9.17, 15) is 9.59 Å². The molecule has 2 atom stereocenters. The van der Waals surface area contributed by atoms with E-state index in [1.165, 1.54) is 0 Å². The van der Waals surface area contributed by atoms with Gasteiger partial charge in [0.1, 0.15) is 17.5 Å². The molecule has 0 spiro atoms. The van der Waals surface area contributed by atoms with Gasteiger partial charge in [-0.25, -0.2) is 9.59 Å². The summed E-state index contributed by atoms with van der Waals surface area (Å²) in [4.78, 5) is 26.8. The third kappa shape index (κ3) is 4.83. The number of carbonyl (C=O) groups is 1. The first-order valence-corrected chi connectivity index (χ1v) is 13.0. The summed E-state index contributed by atoms with van der Waals surface area (Å²) in [5.41, 5.74) is 5.07. The lowest BCUT2D eigenvalue weighted by atomic mass is 9.89. The largest absolute Gasteiger partial charge is 0.441 e. The number of amides is 1. The van der Waals surface area contributed by atoms with Gasteiger partial charge in [-0.2, -0.15) is 0 Å². The number of nitrogens with zero attached hydrogens (tertiary/aromatic N) is 2. The Morgan fingerprint density at radius 1 is 1.10 bits per heavy atom. The highest BCUT2D eigenvalue weighted by atomic mass is 16.6. The summed E-state index contributed by atoms with van der Waals surface area (Å²) in [7, 11) is 0. The molecule has 1 amide bonds. The lowest BCUT2D eigenvalue weighted by molar-refractivity contribution is 0.121. The molecule has 0 saturated heterocycles. The predicted octanol–water partition coefficient (Wildman–Crippen LogP) is 6.18. The minimum absolute atomic E-state index is 0.0743. The molecule has 39 heavy (non-hydrogen) atoms. The van der Waals surface area contributed by atoms with Crippen LogP contribution in [0, 0.1) is 6.92 Å². The maximum Gasteiger partial charge on any atom is 0.438 e. The molecule has 0 radical (unpaired) electrons. The Balaban J connectivity index is 1.12. The van der Waals surface area contributed by atoms with Gasteiger partial charge < -0.3 is 9.26 Å². The Morgan fingerprint density at radius 3 is 2.51 bits per heavy atom. The molecule has 2 aromatic carbocycles. The number of hydrogen-bond donors (Lipinski definition) is 2. The molecule has 6 rings (SSSR count). The van der Waals surface area contributed by atoms with Gasteiger partial charge in [0.05, 0.1) is 5.41 Å². The molecule has 0 bridgehead atoms. The van der Waals surface area contributed by atoms with Crippen LogP contribution in [0.3, 0.4) is 0 Å². The van der Waals surface area contributed by atoms with Gasteiger partial charge in [-0.3, -0.25) is 14.8 Å². The number of allylic oxidation sites excluding steroid dienone is 4. The molecule has 198 valence electrons. The van der Waals surface area contributed by atoms with E-state index in [1.807, 2.05) is 37.3 Å². The Morgan fingerprint density at radius 2 is 1.87 bits per heavy atom. The van der Waals surface area contributed by atoms with Crippen molar-refractivity contribution in [2.45, 2.75) is 50.5 Å². The van der Waals surface area contributed by atoms with E-state index in [1.54, 1.807) is 6.92 Å². The first kappa shape index (κ1) is 24.7. The van der Waals surface area contributed by atoms with Crippen molar-refractivity contribution in [3.05, 3.63) is 117 Å². The molecule has 1 saturated carbocycles. The smallest absolute Gasteiger partial charge is 0.438 e. The van der Waals surface area contributed by atoms with Gasteiger partial charge in [0.15, 0.2) is 11.6 Å². The van der Waals surface area contributed by atoms with Crippen LogP contribution in [0.2, 0.25) is 0 Å². The summed E-state index contributed by atoms with van der Waals surface area (Å²) in [6.07, 6.45) is 7.86. The number of rotatable bonds is 7. The Kier molecular flexibility index (Phi) is 6.26. The zero-order valence-corrected chi connectivity index (χ0v) is 21.6. The summed E-state index contributed by atoms with van der Waals surface area (Å²) < 4.78 is 15.9. The average molecular weight is 525 g/mol. The van der Waals surface area contributed by atoms with E-state index in [0.29, 0.717) is 29.4 Å². The third-order valence-corrected chi connectivity index (χ3v) is 7.52. The van der Waals surface area contributed by atoms with E-state index >= 15 is 0 Å². The highest BCUT2D eigenvalue weighted by Gasteiger charge is 2.49. The van der Waals surface area contributed by atoms with E-state index < -0.39 is 18.0 Å². The number of carbonyl (C=O) groups excluding carboxylic acids is 1. The molecule has 2 aliphatic carbocycles. The number of H-pyrrole nitrogens is 1. The Bertz CT molecular complexity index is 1610. The average Bonchev–Trinajstić information content (AvgIpc) is 3.53. The molecular formula is C30H28N4O5. The molecule has 9 nitrogen and oxygen atoms in total. The predicted molar refractivity (Wildman–Crippen MR) is 144 cm³/mol. The van der Waals surface area contributed by atoms with Gasteiger partial charge in [-0.05, 0) is 55.4 Å². The minimum atomic E-state index is -0.557. The van der Waals surface area contributed by atoms with Crippen LogP contribution in [0.15, 0.2) is 86.7 Å². The Hall–Kier alpha value is -4.66. The molecule has 0 aliphatic heterocycles. The second-order valence-corrected chi connectivity index (χ2v) is 10.1. The van der Waals surface area contributed by atoms with Crippen LogP contribution >= 0.6 is 0 Å². The maximum atomic E-state index is 12.7. The van der Waals surface area contributed by atoms with Gasteiger partial charge in [0.2, 0.25) is 0 Å². The molecule has 4 aromatic rings. The monoisotopic (exact) mass is 524 g/mol. The molecule has 2 aliphatic rings. The van der Waals surface area contributed by atoms with Crippen molar-refractivity contribution in [3.8, 4) is 0 Å². The summed E-state index contributed by atoms with van der Waals surface area (Å²) in [6.45, 7) is 3.62. The van der Waals surface area contributed by atoms with E-state index in [-0.39, 0.29) is 11.3 Å². The van der Waals surface area contributed by atoms with Crippen molar-refractivity contribution < 1.29 is 18.6 Å². The fourth-order valence-electron chi connectivity index (χ4n) is 5.11. The lowest BCUT2D eigenvalue weighted by Crippen LogP contribution is -2.17. The van der Waals surface area contributed by atoms with Crippen LogP contribution in [-0.4, -0.2) is 21.4 Å². The quantitative estimate of drug-likeness (QED) is 0.296. The molecule has 1 fully saturated rings. The fourth-order valence-corrected chi connectivity index (χ4v) is 5.11. The van der Waals surface area contributed by atoms with Crippen LogP contribution in [0.1, 0.15) is 72.2 Å². The number of anilines is 1. The summed E-state index contributed by atoms with van der Waals surface area (Å²) in [5.74, 6) is 0.578. The Labute approximate surface area is 224 Å². The van der Waals surface area contributed by atoms with Crippen LogP contribution in [0.25, 0.3) is 5.57 Å². The van der Waals surface area contributed by atoms with Crippen molar-refractivity contribution >= 4 is 17.4 Å². The summed E-state index contributed by atoms with van der Waals surface area (Å²) >= 11 is 0. The maximum absolute atomic E-state index is 12.7. The zero-order valence-electron chi connectivity index (χ0n) is 21.6. The van der Waals surface area contributed by atoms with E-state index in [2.05, 4.69) is 63.1 Å². The lowest BCUT2D eigenvalue weighted by Gasteiger charge is -2.18.